The molecule has 1 heterocycles. The average molecular weight is 1840 g/mol. The Morgan fingerprint density at radius 2 is 0.410 bits per heavy atom. The van der Waals surface area contributed by atoms with E-state index >= 15 is 0 Å². The molecule has 0 saturated heterocycles. The fraction of sp³-hybridized carbons (Fsp3) is 0.0847. The van der Waals surface area contributed by atoms with E-state index in [-0.39, 0.29) is 108 Å². The standard InChI is InChI=1S/4C24H14O4.C22H12O4S/c1-11-3-6-13(7-4-11)14-9-16-19-17(10-14)23(27)24(28)18-12(2)5-8-15(20(18)19)21(25)22(16)26;1-11-3-5-13(6-4-11)14-9-17-20-18(10-14)24(28)22(26)16-8-12(2)7-15(19(16)20)21(25)23(17)27;1-11-4-3-5-13(6-11)14-9-17-20-18(10-14)24(28)22(26)16-8-12(2)7-15(19(16)20)21(25)23(17)27;1-11-7-15-19-16(8-11)22(26)24(28)18-10-13(14-6-4-3-5-12(14)2)9-17(20(18)19)23(27)21(15)25;1-9-5-12-17-13(6-9)20(24)22(26)15-8-11(16-4-3-10(2)27-16)7-14(18(15)17)21(25)19(12)23/h4*3-10H,1-2H3;3-8H,1-2H3. The van der Waals surface area contributed by atoms with Gasteiger partial charge in [0, 0.05) is 173 Å². The summed E-state index contributed by atoms with van der Waals surface area (Å²) in [5.41, 5.74) is 5.39. The van der Waals surface area contributed by atoms with Gasteiger partial charge in [0.2, 0.25) is 109 Å². The third-order valence-electron chi connectivity index (χ3n) is 27.0. The van der Waals surface area contributed by atoms with Crippen molar-refractivity contribution in [3.63, 3.8) is 0 Å². The number of thiophene rings is 1. The zero-order chi connectivity index (χ0) is 98.0. The van der Waals surface area contributed by atoms with Crippen LogP contribution in [-0.4, -0.2) is 0 Å². The predicted octanol–water partition coefficient (Wildman–Crippen LogP) is 15.7. The average Bonchev–Trinajstić information content (AvgIpc) is 1.56. The van der Waals surface area contributed by atoms with Crippen LogP contribution in [0.3, 0.4) is 0 Å². The Labute approximate surface area is 783 Å². The van der Waals surface area contributed by atoms with Crippen LogP contribution in [0.4, 0.5) is 0 Å². The third-order valence-corrected chi connectivity index (χ3v) is 28.1. The van der Waals surface area contributed by atoms with Crippen LogP contribution in [0, 0.1) is 69.2 Å². The highest BCUT2D eigenvalue weighted by molar-refractivity contribution is 7.15. The molecule has 15 aromatic rings. The number of aryl methyl sites for hydroxylation is 10. The van der Waals surface area contributed by atoms with Gasteiger partial charge >= 0.3 is 0 Å². The summed E-state index contributed by atoms with van der Waals surface area (Å²) in [4.78, 5) is 258. The zero-order valence-electron chi connectivity index (χ0n) is 75.5. The molecule has 10 aliphatic carbocycles. The second kappa shape index (κ2) is 31.9. The first-order valence-corrected chi connectivity index (χ1v) is 45.1. The van der Waals surface area contributed by atoms with Gasteiger partial charge in [-0.3, -0.25) is 95.9 Å². The Kier molecular flexibility index (Phi) is 20.2. The van der Waals surface area contributed by atoms with Gasteiger partial charge in [-0.15, -0.1) is 11.3 Å². The van der Waals surface area contributed by atoms with Gasteiger partial charge in [-0.2, -0.15) is 0 Å². The van der Waals surface area contributed by atoms with Crippen LogP contribution in [-0.2, 0) is 0 Å². The lowest BCUT2D eigenvalue weighted by molar-refractivity contribution is 1.44. The van der Waals surface area contributed by atoms with Crippen molar-refractivity contribution >= 4 is 119 Å². The van der Waals surface area contributed by atoms with Crippen molar-refractivity contribution in [2.24, 2.45) is 0 Å². The number of hydrogen-bond donors (Lipinski definition) is 0. The summed E-state index contributed by atoms with van der Waals surface area (Å²) in [6.07, 6.45) is 0. The Balaban J connectivity index is 0.000000103. The SMILES string of the molecule is Cc1cc2c3c(c1)c(=O)c(=O)c1cc(-c4ccc(C)s4)cc(c1-3)c(=O)c2=O.Cc1cc2c3c(c1)c(=O)c(=O)c1cc(-c4ccccc4C)cc(c1-3)c(=O)c2=O.Cc1ccc(-c2cc3c4c(c2)c(=O)c(=O)c2c(C)ccc(c2-4)c(=O)c3=O)cc1.Cc1ccc(-c2cc3c4c(c2)c(=O)c(=O)c2cc(C)cc(c2-4)c(=O)c3=O)cc1.Cc1cccc(-c2cc3c4c(c2)c(=O)c(=O)c2cc(C)cc(c2-4)c(=O)c3=O)c1. The van der Waals surface area contributed by atoms with Crippen molar-refractivity contribution in [1.29, 1.82) is 0 Å². The molecule has 0 radical (unpaired) electrons. The van der Waals surface area contributed by atoms with Crippen LogP contribution in [0.5, 0.6) is 0 Å². The summed E-state index contributed by atoms with van der Waals surface area (Å²) >= 11 is 1.53. The van der Waals surface area contributed by atoms with Gasteiger partial charge < -0.3 is 0 Å². The minimum Gasteiger partial charge on any atom is -0.285 e. The van der Waals surface area contributed by atoms with E-state index in [4.69, 9.17) is 0 Å². The normalized spacial score (nSPS) is 11.8. The molecule has 1 aromatic heterocycles. The molecule has 0 unspecified atom stereocenters. The van der Waals surface area contributed by atoms with Crippen LogP contribution in [0.1, 0.15) is 54.9 Å². The van der Waals surface area contributed by atoms with E-state index in [9.17, 15) is 95.9 Å². The van der Waals surface area contributed by atoms with Gasteiger partial charge in [0.15, 0.2) is 0 Å². The van der Waals surface area contributed by atoms with E-state index in [1.165, 1.54) is 11.3 Å². The van der Waals surface area contributed by atoms with E-state index in [1.807, 2.05) is 144 Å². The lowest BCUT2D eigenvalue weighted by atomic mass is 9.84. The summed E-state index contributed by atoms with van der Waals surface area (Å²) in [5, 5.41) is 4.05. The second-order valence-corrected chi connectivity index (χ2v) is 37.5. The van der Waals surface area contributed by atoms with Crippen molar-refractivity contribution in [2.75, 3.05) is 0 Å². The molecule has 20 nitrogen and oxygen atoms in total. The highest BCUT2D eigenvalue weighted by Gasteiger charge is 2.34. The van der Waals surface area contributed by atoms with Gasteiger partial charge in [-0.1, -0.05) is 120 Å². The third kappa shape index (κ3) is 13.5. The number of rotatable bonds is 5. The van der Waals surface area contributed by atoms with Crippen molar-refractivity contribution in [3.05, 3.63) is 490 Å². The second-order valence-electron chi connectivity index (χ2n) is 36.3. The van der Waals surface area contributed by atoms with Gasteiger partial charge in [0.25, 0.3) is 0 Å². The maximum atomic E-state index is 12.9. The van der Waals surface area contributed by atoms with E-state index in [1.54, 1.807) is 156 Å². The molecule has 0 aliphatic heterocycles. The van der Waals surface area contributed by atoms with E-state index < -0.39 is 109 Å². The molecular formula is C118H68O20S. The molecular weight excluding hydrogens is 1770 g/mol. The minimum absolute atomic E-state index is 0.191. The minimum atomic E-state index is -0.644. The van der Waals surface area contributed by atoms with Crippen LogP contribution in [0.25, 0.3) is 218 Å². The molecule has 25 rings (SSSR count). The number of hydrogen-bond acceptors (Lipinski definition) is 21. The van der Waals surface area contributed by atoms with E-state index in [0.29, 0.717) is 111 Å². The van der Waals surface area contributed by atoms with E-state index in [2.05, 4.69) is 0 Å². The monoisotopic (exact) mass is 1840 g/mol. The molecule has 21 heteroatoms. The van der Waals surface area contributed by atoms with Gasteiger partial charge in [0.1, 0.15) is 0 Å². The van der Waals surface area contributed by atoms with Gasteiger partial charge in [-0.05, 0) is 280 Å². The quantitative estimate of drug-likeness (QED) is 0.114. The van der Waals surface area contributed by atoms with Gasteiger partial charge in [0.05, 0.1) is 0 Å². The Morgan fingerprint density at radius 3 is 0.698 bits per heavy atom. The highest BCUT2D eigenvalue weighted by Crippen LogP contribution is 2.45. The fourth-order valence-electron chi connectivity index (χ4n) is 20.5. The highest BCUT2D eigenvalue weighted by atomic mass is 32.1. The zero-order valence-corrected chi connectivity index (χ0v) is 76.3. The summed E-state index contributed by atoms with van der Waals surface area (Å²) in [7, 11) is 0. The first kappa shape index (κ1) is 87.8. The van der Waals surface area contributed by atoms with E-state index in [0.717, 1.165) is 54.3 Å². The molecule has 0 bridgehead atoms. The molecule has 0 N–H and O–H groups in total. The first-order chi connectivity index (χ1) is 66.3. The van der Waals surface area contributed by atoms with Crippen LogP contribution < -0.4 is 109 Å². The Bertz CT molecular complexity index is 10400. The molecule has 0 atom stereocenters. The molecule has 666 valence electrons. The summed E-state index contributed by atoms with van der Waals surface area (Å²) in [5.74, 6) is 0. The Hall–Kier alpha value is -17.8. The van der Waals surface area contributed by atoms with Crippen molar-refractivity contribution in [2.45, 2.75) is 69.2 Å². The lowest BCUT2D eigenvalue weighted by Crippen LogP contribution is -2.31. The Morgan fingerprint density at radius 1 is 0.151 bits per heavy atom. The molecule has 14 aromatic carbocycles. The maximum Gasteiger partial charge on any atom is 0.234 e. The molecule has 0 saturated carbocycles. The molecule has 139 heavy (non-hydrogen) atoms. The summed E-state index contributed by atoms with van der Waals surface area (Å²) < 4.78 is 0. The molecule has 0 amide bonds. The molecule has 0 fully saturated rings. The summed E-state index contributed by atoms with van der Waals surface area (Å²) in [6, 6.07) is 67.0. The molecule has 0 spiro atoms. The van der Waals surface area contributed by atoms with Crippen molar-refractivity contribution in [3.8, 4) is 111 Å². The number of benzene rings is 24. The fourth-order valence-corrected chi connectivity index (χ4v) is 21.3. The summed E-state index contributed by atoms with van der Waals surface area (Å²) in [6.45, 7) is 18.4. The smallest absolute Gasteiger partial charge is 0.234 e. The largest absolute Gasteiger partial charge is 0.285 e. The first-order valence-electron chi connectivity index (χ1n) is 44.2. The molecule has 10 aliphatic rings. The predicted molar refractivity (Wildman–Crippen MR) is 556 cm³/mol. The topological polar surface area (TPSA) is 341 Å². The van der Waals surface area contributed by atoms with Gasteiger partial charge in [-0.25, -0.2) is 0 Å². The maximum absolute atomic E-state index is 12.9. The van der Waals surface area contributed by atoms with Crippen LogP contribution in [0.2, 0.25) is 0 Å². The lowest BCUT2D eigenvalue weighted by Gasteiger charge is -2.17. The van der Waals surface area contributed by atoms with Crippen molar-refractivity contribution in [1.82, 2.24) is 0 Å². The van der Waals surface area contributed by atoms with Crippen LogP contribution >= 0.6 is 11.3 Å². The van der Waals surface area contributed by atoms with Crippen LogP contribution in [0.15, 0.2) is 326 Å². The van der Waals surface area contributed by atoms with Crippen molar-refractivity contribution < 1.29 is 0 Å².